The van der Waals surface area contributed by atoms with Crippen LogP contribution in [0.15, 0.2) is 49.0 Å². The molecular weight excluding hydrogens is 341 g/mol. The first-order valence-electron chi connectivity index (χ1n) is 7.99. The number of hydrogen-bond donors (Lipinski definition) is 1. The molecule has 0 aliphatic heterocycles. The van der Waals surface area contributed by atoms with Crippen LogP contribution in [-0.2, 0) is 13.1 Å². The monoisotopic (exact) mass is 360 g/mol. The highest BCUT2D eigenvalue weighted by Gasteiger charge is 2.26. The minimum Gasteiger partial charge on any atom is -0.349 e. The lowest BCUT2D eigenvalue weighted by Crippen LogP contribution is -2.37. The van der Waals surface area contributed by atoms with Crippen molar-refractivity contribution in [3.05, 3.63) is 64.9 Å². The second-order valence-corrected chi connectivity index (χ2v) is 6.35. The Morgan fingerprint density at radius 3 is 2.42 bits per heavy atom. The molecule has 0 saturated heterocycles. The molecule has 0 atom stereocenters. The normalized spacial score (nSPS) is 11.0. The van der Waals surface area contributed by atoms with Crippen LogP contribution < -0.4 is 9.88 Å². The van der Waals surface area contributed by atoms with E-state index in [2.05, 4.69) is 34.9 Å². The van der Waals surface area contributed by atoms with E-state index in [1.165, 1.54) is 0 Å². The number of fused-ring (bicyclic) bond motifs is 1. The van der Waals surface area contributed by atoms with Gasteiger partial charge in [0.1, 0.15) is 5.70 Å². The van der Waals surface area contributed by atoms with E-state index in [-0.39, 0.29) is 0 Å². The van der Waals surface area contributed by atoms with Crippen molar-refractivity contribution >= 4 is 45.6 Å². The maximum absolute atomic E-state index is 6.24. The summed E-state index contributed by atoms with van der Waals surface area (Å²) in [7, 11) is 0. The summed E-state index contributed by atoms with van der Waals surface area (Å²) in [5.41, 5.74) is 3.96. The smallest absolute Gasteiger partial charge is 0.305 e. The molecule has 0 spiro atoms. The number of aromatic nitrogens is 2. The molecule has 3 nitrogen and oxygen atoms in total. The van der Waals surface area contributed by atoms with Crippen molar-refractivity contribution in [2.75, 3.05) is 5.32 Å². The van der Waals surface area contributed by atoms with E-state index in [9.17, 15) is 0 Å². The molecule has 0 aliphatic carbocycles. The van der Waals surface area contributed by atoms with E-state index < -0.39 is 0 Å². The number of aryl methyl sites for hydroxylation is 2. The molecule has 0 amide bonds. The van der Waals surface area contributed by atoms with Gasteiger partial charge in [0.25, 0.3) is 0 Å². The minimum atomic E-state index is 0.563. The van der Waals surface area contributed by atoms with Gasteiger partial charge in [0.05, 0.1) is 23.1 Å². The van der Waals surface area contributed by atoms with E-state index in [0.29, 0.717) is 10.0 Å². The van der Waals surface area contributed by atoms with Gasteiger partial charge in [-0.1, -0.05) is 48.0 Å². The largest absolute Gasteiger partial charge is 0.349 e. The van der Waals surface area contributed by atoms with Gasteiger partial charge in [-0.3, -0.25) is 0 Å². The molecule has 0 unspecified atom stereocenters. The SMILES string of the molecule is C=C(Nc1ccccc1)c1n(CC)c2cc(Cl)c(Cl)cc2[n+]1CC. The van der Waals surface area contributed by atoms with E-state index in [4.69, 9.17) is 23.2 Å². The summed E-state index contributed by atoms with van der Waals surface area (Å²) in [4.78, 5) is 0. The number of benzene rings is 2. The van der Waals surface area contributed by atoms with Crippen LogP contribution in [0.3, 0.4) is 0 Å². The van der Waals surface area contributed by atoms with Crippen molar-refractivity contribution in [2.24, 2.45) is 0 Å². The lowest BCUT2D eigenvalue weighted by molar-refractivity contribution is -0.670. The zero-order valence-electron chi connectivity index (χ0n) is 13.8. The van der Waals surface area contributed by atoms with Gasteiger partial charge in [-0.2, -0.15) is 0 Å². The van der Waals surface area contributed by atoms with Gasteiger partial charge in [-0.25, -0.2) is 9.13 Å². The maximum atomic E-state index is 6.24. The Labute approximate surface area is 152 Å². The van der Waals surface area contributed by atoms with Crippen LogP contribution in [0.5, 0.6) is 0 Å². The fourth-order valence-corrected chi connectivity index (χ4v) is 3.37. The zero-order valence-corrected chi connectivity index (χ0v) is 15.3. The van der Waals surface area contributed by atoms with Gasteiger partial charge in [0.15, 0.2) is 11.0 Å². The Morgan fingerprint density at radius 2 is 1.79 bits per heavy atom. The third-order valence-corrected chi connectivity index (χ3v) is 4.80. The van der Waals surface area contributed by atoms with Gasteiger partial charge in [-0.05, 0) is 26.0 Å². The fourth-order valence-electron chi connectivity index (χ4n) is 3.05. The van der Waals surface area contributed by atoms with Crippen LogP contribution in [0.25, 0.3) is 16.7 Å². The number of anilines is 1. The molecule has 1 N–H and O–H groups in total. The molecule has 0 aliphatic rings. The molecule has 5 heteroatoms. The quantitative estimate of drug-likeness (QED) is 0.607. The molecule has 124 valence electrons. The van der Waals surface area contributed by atoms with E-state index in [1.54, 1.807) is 0 Å². The predicted octanol–water partition coefficient (Wildman–Crippen LogP) is 5.36. The third kappa shape index (κ3) is 2.90. The van der Waals surface area contributed by atoms with Crippen molar-refractivity contribution in [2.45, 2.75) is 26.9 Å². The Bertz CT molecular complexity index is 851. The number of para-hydroxylation sites is 1. The highest BCUT2D eigenvalue weighted by molar-refractivity contribution is 6.42. The molecule has 2 aromatic carbocycles. The molecule has 3 rings (SSSR count). The van der Waals surface area contributed by atoms with Gasteiger partial charge < -0.3 is 5.32 Å². The summed E-state index contributed by atoms with van der Waals surface area (Å²) in [6.45, 7) is 10.1. The highest BCUT2D eigenvalue weighted by Crippen LogP contribution is 2.29. The standard InChI is InChI=1S/C19H20Cl2N3/c1-4-23-17-11-15(20)16(21)12-18(17)24(5-2)19(23)13(3)22-14-9-7-6-8-10-14/h6-12,22H,3-5H2,1-2H3/q+1. The molecule has 0 saturated carbocycles. The van der Waals surface area contributed by atoms with Gasteiger partial charge >= 0.3 is 5.82 Å². The molecule has 1 heterocycles. The number of halogens is 2. The second kappa shape index (κ2) is 6.88. The first-order chi connectivity index (χ1) is 11.6. The fraction of sp³-hybridized carbons (Fsp3) is 0.211. The van der Waals surface area contributed by atoms with Crippen molar-refractivity contribution in [3.63, 3.8) is 0 Å². The Balaban J connectivity index is 2.17. The van der Waals surface area contributed by atoms with Gasteiger partial charge in [-0.15, -0.1) is 0 Å². The highest BCUT2D eigenvalue weighted by atomic mass is 35.5. The van der Waals surface area contributed by atoms with Gasteiger partial charge in [0, 0.05) is 17.8 Å². The summed E-state index contributed by atoms with van der Waals surface area (Å²) in [6.07, 6.45) is 0. The Morgan fingerprint density at radius 1 is 1.12 bits per heavy atom. The van der Waals surface area contributed by atoms with Crippen molar-refractivity contribution in [3.8, 4) is 0 Å². The van der Waals surface area contributed by atoms with E-state index in [0.717, 1.165) is 41.3 Å². The van der Waals surface area contributed by atoms with Crippen LogP contribution in [0.4, 0.5) is 5.69 Å². The lowest BCUT2D eigenvalue weighted by atomic mass is 10.3. The zero-order chi connectivity index (χ0) is 17.3. The topological polar surface area (TPSA) is 20.8 Å². The van der Waals surface area contributed by atoms with Crippen LogP contribution >= 0.6 is 23.2 Å². The van der Waals surface area contributed by atoms with Crippen LogP contribution in [0.1, 0.15) is 19.7 Å². The molecule has 24 heavy (non-hydrogen) atoms. The first-order valence-corrected chi connectivity index (χ1v) is 8.74. The summed E-state index contributed by atoms with van der Waals surface area (Å²) in [5, 5.41) is 4.52. The molecule has 0 radical (unpaired) electrons. The van der Waals surface area contributed by atoms with Crippen LogP contribution in [0, 0.1) is 0 Å². The summed E-state index contributed by atoms with van der Waals surface area (Å²) >= 11 is 12.5. The second-order valence-electron chi connectivity index (χ2n) is 5.54. The van der Waals surface area contributed by atoms with E-state index >= 15 is 0 Å². The lowest BCUT2D eigenvalue weighted by Gasteiger charge is -2.09. The molecular formula is C19H20Cl2N3+. The average Bonchev–Trinajstić information content (AvgIpc) is 2.88. The molecule has 3 aromatic rings. The summed E-state index contributed by atoms with van der Waals surface area (Å²) in [6, 6.07) is 13.9. The number of imidazole rings is 1. The molecule has 0 fully saturated rings. The third-order valence-electron chi connectivity index (χ3n) is 4.08. The summed E-state index contributed by atoms with van der Waals surface area (Å²) < 4.78 is 4.42. The van der Waals surface area contributed by atoms with E-state index in [1.807, 2.05) is 42.5 Å². The number of nitrogens with one attached hydrogen (secondary N) is 1. The van der Waals surface area contributed by atoms with Gasteiger partial charge in [0.2, 0.25) is 0 Å². The average molecular weight is 361 g/mol. The minimum absolute atomic E-state index is 0.563. The van der Waals surface area contributed by atoms with Crippen LogP contribution in [0.2, 0.25) is 10.0 Å². The predicted molar refractivity (Wildman–Crippen MR) is 103 cm³/mol. The number of rotatable bonds is 5. The maximum Gasteiger partial charge on any atom is 0.305 e. The Kier molecular flexibility index (Phi) is 4.83. The number of nitrogens with zero attached hydrogens (tertiary/aromatic N) is 2. The van der Waals surface area contributed by atoms with Crippen molar-refractivity contribution in [1.29, 1.82) is 0 Å². The van der Waals surface area contributed by atoms with Crippen molar-refractivity contribution in [1.82, 2.24) is 4.57 Å². The first kappa shape index (κ1) is 16.9. The Hall–Kier alpha value is -1.97. The summed E-state index contributed by atoms with van der Waals surface area (Å²) in [5.74, 6) is 1.03. The van der Waals surface area contributed by atoms with Crippen molar-refractivity contribution < 1.29 is 4.57 Å². The molecule has 1 aromatic heterocycles. The number of hydrogen-bond acceptors (Lipinski definition) is 1. The molecule has 0 bridgehead atoms. The van der Waals surface area contributed by atoms with Crippen LogP contribution in [-0.4, -0.2) is 4.57 Å².